The van der Waals surface area contributed by atoms with Gasteiger partial charge in [-0.3, -0.25) is 0 Å². The van der Waals surface area contributed by atoms with Gasteiger partial charge >= 0.3 is 12.4 Å². The van der Waals surface area contributed by atoms with Crippen LogP contribution >= 0.6 is 0 Å². The number of fused-ring (bicyclic) bond motifs is 9. The fourth-order valence-electron chi connectivity index (χ4n) is 29.7. The molecule has 7 atom stereocenters. The number of rotatable bonds is 8. The molecule has 6 heteroatoms. The molecule has 0 N–H and O–H groups in total. The van der Waals surface area contributed by atoms with Gasteiger partial charge in [0.2, 0.25) is 0 Å². The fraction of sp³-hybridized carbons (Fsp3) is 1.00. The maximum Gasteiger partial charge on any atom is 0.394 e. The van der Waals surface area contributed by atoms with Gasteiger partial charge in [-0.15, -0.1) is 0 Å². The Balaban J connectivity index is 0.000000266. The van der Waals surface area contributed by atoms with Gasteiger partial charge in [0.15, 0.2) is 0 Å². The molecule has 22 fully saturated rings. The lowest BCUT2D eigenvalue weighted by Crippen LogP contribution is -2.38. The van der Waals surface area contributed by atoms with Crippen LogP contribution < -0.4 is 0 Å². The van der Waals surface area contributed by atoms with Gasteiger partial charge in [-0.25, -0.2) is 0 Å². The molecule has 0 aromatic heterocycles. The van der Waals surface area contributed by atoms with E-state index in [0.29, 0.717) is 48.3 Å². The van der Waals surface area contributed by atoms with E-state index in [9.17, 15) is 26.3 Å². The summed E-state index contributed by atoms with van der Waals surface area (Å²) in [6, 6.07) is 0. The smallest absolute Gasteiger partial charge is 0.171 e. The molecule has 22 saturated carbocycles. The van der Waals surface area contributed by atoms with E-state index in [1.807, 2.05) is 6.92 Å². The number of hydrogen-bond donors (Lipinski definition) is 0. The number of alkyl halides is 6. The van der Waals surface area contributed by atoms with Gasteiger partial charge in [-0.05, 0) is 350 Å². The summed E-state index contributed by atoms with van der Waals surface area (Å²) in [5.74, 6) is 29.1. The second kappa shape index (κ2) is 70.8. The van der Waals surface area contributed by atoms with Gasteiger partial charge in [-0.2, -0.15) is 26.3 Å². The van der Waals surface area contributed by atoms with Crippen LogP contribution in [0.5, 0.6) is 0 Å². The van der Waals surface area contributed by atoms with Gasteiger partial charge in [0.25, 0.3) is 0 Å². The van der Waals surface area contributed by atoms with Crippen LogP contribution in [0.3, 0.4) is 0 Å². The summed E-state index contributed by atoms with van der Waals surface area (Å²) in [5, 5.41) is 0. The first-order valence-corrected chi connectivity index (χ1v) is 65.0. The fourth-order valence-corrected chi connectivity index (χ4v) is 29.7. The molecule has 0 amide bonds. The van der Waals surface area contributed by atoms with Gasteiger partial charge in [0, 0.05) is 0 Å². The summed E-state index contributed by atoms with van der Waals surface area (Å²) in [6.07, 6.45) is 95.9. The Hall–Kier alpha value is -0.420. The first kappa shape index (κ1) is 131. The van der Waals surface area contributed by atoms with Crippen molar-refractivity contribution in [2.75, 3.05) is 0 Å². The molecule has 838 valence electrons. The zero-order valence-corrected chi connectivity index (χ0v) is 100. The molecular formula is C135H256F6. The highest BCUT2D eigenvalue weighted by Gasteiger charge is 2.53. The summed E-state index contributed by atoms with van der Waals surface area (Å²) in [6.45, 7) is 58.8. The lowest BCUT2D eigenvalue weighted by molar-refractivity contribution is -0.230. The first-order chi connectivity index (χ1) is 66.9. The topological polar surface area (TPSA) is 0 Å². The molecule has 0 saturated heterocycles. The van der Waals surface area contributed by atoms with E-state index in [1.54, 1.807) is 109 Å². The van der Waals surface area contributed by atoms with Crippen molar-refractivity contribution in [2.24, 2.45) is 187 Å². The van der Waals surface area contributed by atoms with Crippen molar-refractivity contribution in [3.8, 4) is 0 Å². The quantitative estimate of drug-likeness (QED) is 0.213. The Morgan fingerprint density at radius 2 is 0.411 bits per heavy atom. The molecule has 0 radical (unpaired) electrons. The molecule has 22 rings (SSSR count). The number of halogens is 6. The standard InChI is InChI=1S/C10H17F3.C10H20.C9H15F3.3C9H16.3C9H18.C8H14.3C8H16.2C7H14.C6H12/c1-3-8-4-6-9(2,7-5-8)10(11,12)13;1-4-9-5-7-10(2,3)8-6-9;1-7-3-5-8(2,6-4-7)9(10,11)12;1-7-6-8-2-4-9(7)5-3-8;1-2-7-3-8-5-9(4-7)6-8;1-2-8-5-7-3-4-9(8)6-7;1-8-4-6-9(2,3)7-5-8;2*1-3-9-6-4-8(2)5-7-9;1-6-4-7-2-3-8(6)5-7;2*1-7-3-5-8(2)6-4-7;1-2-8-6-4-3-5-7-8;1-7-5-3-2-4-6-7;1-2-7-5-3-4-6-7;1-6-4-2-3-5-6/h8H,3-7H2,1-2H3;9H,4-8H2,1-3H3;7H,3-6H2,1-2H3;3*7-9H,2-6H2,1H3;8H,4-7H2,1-3H3;2*8-9H,3-7H2,1-2H3;6-8H,2-5H2,1H3;2*7-8H,3-6H2,1-2H3;8H,2-7H2,1H3;2*7H,2-6H2,1H3;6H,2-5H2,1H3/t;;;7-,8?,9?;;;;;;6-,7?,8?;;;;;;/m...1.....1....../s1. The van der Waals surface area contributed by atoms with E-state index in [0.717, 1.165) is 186 Å². The maximum absolute atomic E-state index is 12.6. The predicted molar refractivity (Wildman–Crippen MR) is 613 cm³/mol. The van der Waals surface area contributed by atoms with Crippen molar-refractivity contribution in [2.45, 2.75) is 674 Å². The minimum absolute atomic E-state index is 0.303. The van der Waals surface area contributed by atoms with Crippen molar-refractivity contribution in [3.05, 3.63) is 0 Å². The molecule has 0 nitrogen and oxygen atoms in total. The lowest BCUT2D eigenvalue weighted by atomic mass is 9.61. The average molecular weight is 1990 g/mol. The van der Waals surface area contributed by atoms with E-state index in [2.05, 4.69) is 159 Å². The van der Waals surface area contributed by atoms with Crippen molar-refractivity contribution in [3.63, 3.8) is 0 Å². The van der Waals surface area contributed by atoms with Gasteiger partial charge in [-0.1, -0.05) is 488 Å². The average Bonchev–Trinajstić information content (AvgIpc) is 1.64. The summed E-state index contributed by atoms with van der Waals surface area (Å²) in [5.41, 5.74) is -1.49. The summed E-state index contributed by atoms with van der Waals surface area (Å²) < 4.78 is 75.0. The second-order valence-corrected chi connectivity index (χ2v) is 57.4. The van der Waals surface area contributed by atoms with E-state index in [1.165, 1.54) is 328 Å². The Kier molecular flexibility index (Phi) is 65.8. The minimum Gasteiger partial charge on any atom is -0.171 e. The van der Waals surface area contributed by atoms with E-state index >= 15 is 0 Å². The minimum atomic E-state index is -4.01. The predicted octanol–water partition coefficient (Wildman–Crippen LogP) is 48.2. The van der Waals surface area contributed by atoms with Gasteiger partial charge in [0.05, 0.1) is 10.8 Å². The van der Waals surface area contributed by atoms with E-state index in [-0.39, 0.29) is 0 Å². The zero-order chi connectivity index (χ0) is 104. The van der Waals surface area contributed by atoms with Gasteiger partial charge < -0.3 is 0 Å². The van der Waals surface area contributed by atoms with Crippen LogP contribution in [0.1, 0.15) is 662 Å². The molecule has 0 heterocycles. The highest BCUT2D eigenvalue weighted by molar-refractivity contribution is 4.93. The Bertz CT molecular complexity index is 2790. The maximum atomic E-state index is 12.6. The lowest BCUT2D eigenvalue weighted by Gasteiger charge is -2.45. The molecule has 0 aromatic carbocycles. The molecule has 22 aliphatic rings. The van der Waals surface area contributed by atoms with Crippen LogP contribution in [0, 0.1) is 187 Å². The molecule has 0 aliphatic heterocycles. The largest absolute Gasteiger partial charge is 0.394 e. The van der Waals surface area contributed by atoms with Crippen LogP contribution in [0.4, 0.5) is 26.3 Å². The molecule has 22 aliphatic carbocycles. The van der Waals surface area contributed by atoms with Crippen LogP contribution in [0.2, 0.25) is 0 Å². The van der Waals surface area contributed by atoms with Crippen molar-refractivity contribution < 1.29 is 26.3 Å². The van der Waals surface area contributed by atoms with E-state index in [4.69, 9.17) is 0 Å². The van der Waals surface area contributed by atoms with E-state index < -0.39 is 23.2 Å². The zero-order valence-electron chi connectivity index (χ0n) is 100. The van der Waals surface area contributed by atoms with Crippen molar-refractivity contribution in [1.82, 2.24) is 0 Å². The molecule has 141 heavy (non-hydrogen) atoms. The van der Waals surface area contributed by atoms with Gasteiger partial charge in [0.1, 0.15) is 0 Å². The van der Waals surface area contributed by atoms with Crippen molar-refractivity contribution in [1.29, 1.82) is 0 Å². The van der Waals surface area contributed by atoms with Crippen LogP contribution in [0.15, 0.2) is 0 Å². The highest BCUT2D eigenvalue weighted by atomic mass is 19.4. The molecule has 8 bridgehead atoms. The molecule has 0 aromatic rings. The normalized spacial score (nSPS) is 36.7. The third-order valence-electron chi connectivity index (χ3n) is 43.3. The number of hydrogen-bond acceptors (Lipinski definition) is 0. The van der Waals surface area contributed by atoms with Crippen LogP contribution in [-0.2, 0) is 0 Å². The molecule has 5 unspecified atom stereocenters. The third kappa shape index (κ3) is 54.8. The Morgan fingerprint density at radius 3 is 0.624 bits per heavy atom. The Morgan fingerprint density at radius 1 is 0.177 bits per heavy atom. The Labute approximate surface area is 882 Å². The summed E-state index contributed by atoms with van der Waals surface area (Å²) >= 11 is 0. The molecule has 0 spiro atoms. The SMILES string of the molecule is CC1CCC(C)(C(F)(F)F)CC1.CC1CCC(C)(C)CC1.CC1CCC(C)CC1.CC1CCC(C)CC1.CC1CCCC1.CC1CCCCC1.CCC1CC2CC(C1)C2.CCC1CC2CCC1C2.CCC1CCC(C)(C(F)(F)F)CC1.CCC1CCC(C)(C)CC1.CCC1CCC(C)CC1.CCC1CCC(C)CC1.CCC1CCCC1.CCC1CCCCC1.C[C@@H]1CC2CCC1C2.C[C@@H]1CC2CCC1CC2. The highest BCUT2D eigenvalue weighted by Crippen LogP contribution is 2.55. The van der Waals surface area contributed by atoms with Crippen LogP contribution in [-0.4, -0.2) is 12.4 Å². The third-order valence-corrected chi connectivity index (χ3v) is 43.3. The first-order valence-electron chi connectivity index (χ1n) is 65.0. The summed E-state index contributed by atoms with van der Waals surface area (Å²) in [7, 11) is 0. The monoisotopic (exact) mass is 1990 g/mol. The molecular weight excluding hydrogens is 1740 g/mol. The summed E-state index contributed by atoms with van der Waals surface area (Å²) in [4.78, 5) is 0. The second-order valence-electron chi connectivity index (χ2n) is 57.4. The van der Waals surface area contributed by atoms with Crippen molar-refractivity contribution >= 4 is 0 Å². The van der Waals surface area contributed by atoms with Crippen LogP contribution in [0.25, 0.3) is 0 Å².